The second kappa shape index (κ2) is 7.75. The first-order valence-corrected chi connectivity index (χ1v) is 8.76. The molecule has 2 N–H and O–H groups in total. The van der Waals surface area contributed by atoms with Gasteiger partial charge in [-0.3, -0.25) is 9.59 Å². The van der Waals surface area contributed by atoms with E-state index >= 15 is 0 Å². The van der Waals surface area contributed by atoms with Gasteiger partial charge in [-0.2, -0.15) is 0 Å². The second-order valence-corrected chi connectivity index (χ2v) is 7.59. The van der Waals surface area contributed by atoms with E-state index in [2.05, 4.69) is 6.92 Å². The number of halogens is 1. The number of hydrogen-bond acceptors (Lipinski definition) is 3. The average molecular weight is 366 g/mol. The topological polar surface area (TPSA) is 66.6 Å². The first-order chi connectivity index (χ1) is 11.4. The van der Waals surface area contributed by atoms with Crippen molar-refractivity contribution in [3.05, 3.63) is 35.4 Å². The molecule has 2 heterocycles. The zero-order chi connectivity index (χ0) is 17.3. The quantitative estimate of drug-likeness (QED) is 0.888. The summed E-state index contributed by atoms with van der Waals surface area (Å²) in [5.74, 6) is 0.167. The van der Waals surface area contributed by atoms with E-state index in [0.29, 0.717) is 32.5 Å². The smallest absolute Gasteiger partial charge is 0.245 e. The fourth-order valence-corrected chi connectivity index (χ4v) is 3.67. The highest BCUT2D eigenvalue weighted by atomic mass is 35.5. The molecule has 0 bridgehead atoms. The number of rotatable bonds is 4. The van der Waals surface area contributed by atoms with E-state index < -0.39 is 0 Å². The van der Waals surface area contributed by atoms with Crippen molar-refractivity contribution in [2.75, 3.05) is 19.6 Å². The van der Waals surface area contributed by atoms with Gasteiger partial charge in [-0.15, -0.1) is 12.4 Å². The number of aryl methyl sites for hydroxylation is 1. The monoisotopic (exact) mass is 365 g/mol. The molecular formula is C19H28ClN3O2. The maximum absolute atomic E-state index is 12.9. The van der Waals surface area contributed by atoms with E-state index in [4.69, 9.17) is 5.73 Å². The molecule has 2 atom stereocenters. The first kappa shape index (κ1) is 19.7. The molecule has 2 aliphatic heterocycles. The molecule has 0 spiro atoms. The van der Waals surface area contributed by atoms with Gasteiger partial charge in [0, 0.05) is 26.1 Å². The Bertz CT molecular complexity index is 634. The van der Waals surface area contributed by atoms with Crippen molar-refractivity contribution in [1.82, 2.24) is 9.80 Å². The number of carbonyl (C=O) groups excluding carboxylic acids is 2. The van der Waals surface area contributed by atoms with E-state index in [1.165, 1.54) is 5.56 Å². The van der Waals surface area contributed by atoms with E-state index in [9.17, 15) is 9.59 Å². The maximum atomic E-state index is 12.9. The molecule has 0 saturated carbocycles. The van der Waals surface area contributed by atoms with Gasteiger partial charge in [0.1, 0.15) is 6.04 Å². The fraction of sp³-hybridized carbons (Fsp3) is 0.579. The van der Waals surface area contributed by atoms with Crippen LogP contribution in [0.2, 0.25) is 0 Å². The third-order valence-corrected chi connectivity index (χ3v) is 5.45. The van der Waals surface area contributed by atoms with Gasteiger partial charge in [0.05, 0.1) is 0 Å². The van der Waals surface area contributed by atoms with E-state index in [1.54, 1.807) is 4.90 Å². The number of likely N-dealkylation sites (tertiary alicyclic amines) is 2. The lowest BCUT2D eigenvalue weighted by Crippen LogP contribution is -2.46. The molecule has 0 aliphatic carbocycles. The molecule has 25 heavy (non-hydrogen) atoms. The maximum Gasteiger partial charge on any atom is 0.245 e. The van der Waals surface area contributed by atoms with Gasteiger partial charge in [-0.25, -0.2) is 0 Å². The molecule has 6 heteroatoms. The zero-order valence-corrected chi connectivity index (χ0v) is 15.8. The third kappa shape index (κ3) is 4.15. The minimum Gasteiger partial charge on any atom is -0.340 e. The van der Waals surface area contributed by atoms with Gasteiger partial charge in [0.25, 0.3) is 0 Å². The van der Waals surface area contributed by atoms with Crippen molar-refractivity contribution < 1.29 is 9.59 Å². The summed E-state index contributed by atoms with van der Waals surface area (Å²) in [7, 11) is 0. The molecule has 3 rings (SSSR count). The van der Waals surface area contributed by atoms with E-state index in [0.717, 1.165) is 18.5 Å². The third-order valence-electron chi connectivity index (χ3n) is 5.45. The Labute approximate surface area is 155 Å². The zero-order valence-electron chi connectivity index (χ0n) is 15.0. The van der Waals surface area contributed by atoms with Crippen LogP contribution in [0.5, 0.6) is 0 Å². The second-order valence-electron chi connectivity index (χ2n) is 7.59. The molecule has 138 valence electrons. The number of carbonyl (C=O) groups is 2. The molecule has 2 aliphatic rings. The lowest BCUT2D eigenvalue weighted by atomic mass is 9.90. The van der Waals surface area contributed by atoms with Gasteiger partial charge in [0.2, 0.25) is 11.8 Å². The Morgan fingerprint density at radius 1 is 1.32 bits per heavy atom. The summed E-state index contributed by atoms with van der Waals surface area (Å²) in [6.45, 7) is 6.72. The van der Waals surface area contributed by atoms with Crippen molar-refractivity contribution in [3.8, 4) is 0 Å². The Morgan fingerprint density at radius 2 is 2.00 bits per heavy atom. The predicted octanol–water partition coefficient (Wildman–Crippen LogP) is 2.11. The van der Waals surface area contributed by atoms with Crippen molar-refractivity contribution in [2.45, 2.75) is 45.7 Å². The summed E-state index contributed by atoms with van der Waals surface area (Å²) in [6.07, 6.45) is 2.03. The molecule has 1 aromatic rings. The van der Waals surface area contributed by atoms with Crippen molar-refractivity contribution >= 4 is 24.2 Å². The highest BCUT2D eigenvalue weighted by Crippen LogP contribution is 2.31. The van der Waals surface area contributed by atoms with Crippen LogP contribution >= 0.6 is 12.4 Å². The van der Waals surface area contributed by atoms with Crippen molar-refractivity contribution in [1.29, 1.82) is 0 Å². The standard InChI is InChI=1S/C19H27N3O2.ClH/c1-14-3-5-15(6-4-14)11-22-16(7-8-17(22)23)18(24)21-10-9-19(2,12-20)13-21;/h3-6,16H,7-13,20H2,1-2H3;1H. The Hall–Kier alpha value is -1.59. The van der Waals surface area contributed by atoms with Crippen LogP contribution in [0.25, 0.3) is 0 Å². The summed E-state index contributed by atoms with van der Waals surface area (Å²) >= 11 is 0. The molecule has 2 saturated heterocycles. The van der Waals surface area contributed by atoms with Gasteiger partial charge in [-0.05, 0) is 37.3 Å². The van der Waals surface area contributed by atoms with Gasteiger partial charge in [-0.1, -0.05) is 36.8 Å². The summed E-state index contributed by atoms with van der Waals surface area (Å²) in [6, 6.07) is 7.83. The number of hydrogen-bond donors (Lipinski definition) is 1. The van der Waals surface area contributed by atoms with Gasteiger partial charge >= 0.3 is 0 Å². The minimum atomic E-state index is -0.320. The fourth-order valence-electron chi connectivity index (χ4n) is 3.67. The van der Waals surface area contributed by atoms with Crippen molar-refractivity contribution in [2.24, 2.45) is 11.1 Å². The molecule has 0 radical (unpaired) electrons. The van der Waals surface area contributed by atoms with Crippen LogP contribution in [0.1, 0.15) is 37.3 Å². The van der Waals surface area contributed by atoms with Crippen LogP contribution in [0, 0.1) is 12.3 Å². The first-order valence-electron chi connectivity index (χ1n) is 8.76. The average Bonchev–Trinajstić information content (AvgIpc) is 3.14. The Kier molecular flexibility index (Phi) is 6.12. The van der Waals surface area contributed by atoms with Crippen LogP contribution in [0.4, 0.5) is 0 Å². The summed E-state index contributed by atoms with van der Waals surface area (Å²) in [5, 5.41) is 0. The van der Waals surface area contributed by atoms with Crippen LogP contribution in [-0.4, -0.2) is 47.3 Å². The van der Waals surface area contributed by atoms with Crippen LogP contribution in [0.3, 0.4) is 0 Å². The summed E-state index contributed by atoms with van der Waals surface area (Å²) in [4.78, 5) is 28.9. The molecule has 0 aromatic heterocycles. The summed E-state index contributed by atoms with van der Waals surface area (Å²) in [5.41, 5.74) is 8.12. The van der Waals surface area contributed by atoms with Gasteiger partial charge in [0.15, 0.2) is 0 Å². The van der Waals surface area contributed by atoms with E-state index in [1.807, 2.05) is 36.1 Å². The highest BCUT2D eigenvalue weighted by molar-refractivity contribution is 5.91. The van der Waals surface area contributed by atoms with Crippen molar-refractivity contribution in [3.63, 3.8) is 0 Å². The molecule has 5 nitrogen and oxygen atoms in total. The molecule has 2 unspecified atom stereocenters. The van der Waals surface area contributed by atoms with Gasteiger partial charge < -0.3 is 15.5 Å². The SMILES string of the molecule is Cc1ccc(CN2C(=O)CCC2C(=O)N2CCC(C)(CN)C2)cc1.Cl. The molecule has 2 fully saturated rings. The molecular weight excluding hydrogens is 338 g/mol. The number of nitrogens with two attached hydrogens (primary N) is 1. The van der Waals surface area contributed by atoms with Crippen LogP contribution in [-0.2, 0) is 16.1 Å². The Morgan fingerprint density at radius 3 is 2.60 bits per heavy atom. The van der Waals surface area contributed by atoms with Crippen LogP contribution < -0.4 is 5.73 Å². The minimum absolute atomic E-state index is 0. The largest absolute Gasteiger partial charge is 0.340 e. The van der Waals surface area contributed by atoms with Crippen LogP contribution in [0.15, 0.2) is 24.3 Å². The summed E-state index contributed by atoms with van der Waals surface area (Å²) < 4.78 is 0. The molecule has 2 amide bonds. The number of benzene rings is 1. The normalized spacial score (nSPS) is 26.0. The highest BCUT2D eigenvalue weighted by Gasteiger charge is 2.42. The van der Waals surface area contributed by atoms with E-state index in [-0.39, 0.29) is 35.7 Å². The lowest BCUT2D eigenvalue weighted by Gasteiger charge is -2.29. The molecule has 1 aromatic carbocycles. The number of amides is 2. The predicted molar refractivity (Wildman–Crippen MR) is 100 cm³/mol. The lowest BCUT2D eigenvalue weighted by molar-refractivity contribution is -0.141. The number of nitrogens with zero attached hydrogens (tertiary/aromatic N) is 2. The Balaban J connectivity index is 0.00000225.